The van der Waals surface area contributed by atoms with Crippen LogP contribution in [0.2, 0.25) is 0 Å². The normalized spacial score (nSPS) is 10.8. The zero-order chi connectivity index (χ0) is 16.7. The quantitative estimate of drug-likeness (QED) is 0.422. The Labute approximate surface area is 159 Å². The number of halogens is 2. The van der Waals surface area contributed by atoms with Crippen LogP contribution in [0.3, 0.4) is 0 Å². The minimum atomic E-state index is -0.234. The van der Waals surface area contributed by atoms with Crippen molar-refractivity contribution in [1.82, 2.24) is 10.6 Å². The highest BCUT2D eigenvalue weighted by atomic mass is 127. The number of hydrogen-bond donors (Lipinski definition) is 2. The van der Waals surface area contributed by atoms with Gasteiger partial charge in [0.1, 0.15) is 11.6 Å². The van der Waals surface area contributed by atoms with Gasteiger partial charge in [-0.3, -0.25) is 4.99 Å². The molecule has 0 aromatic heterocycles. The highest BCUT2D eigenvalue weighted by Crippen LogP contribution is 2.19. The third-order valence-electron chi connectivity index (χ3n) is 3.49. The summed E-state index contributed by atoms with van der Waals surface area (Å²) in [5, 5.41) is 6.45. The molecule has 4 nitrogen and oxygen atoms in total. The maximum atomic E-state index is 12.9. The van der Waals surface area contributed by atoms with Crippen LogP contribution >= 0.6 is 24.0 Å². The lowest BCUT2D eigenvalue weighted by Crippen LogP contribution is -2.36. The molecule has 2 aromatic rings. The fourth-order valence-electron chi connectivity index (χ4n) is 2.19. The summed E-state index contributed by atoms with van der Waals surface area (Å²) in [7, 11) is 3.38. The third-order valence-corrected chi connectivity index (χ3v) is 3.49. The highest BCUT2D eigenvalue weighted by molar-refractivity contribution is 14.0. The maximum Gasteiger partial charge on any atom is 0.191 e. The molecular weight excluding hydrogens is 420 g/mol. The predicted octanol–water partition coefficient (Wildman–Crippen LogP) is 3.63. The van der Waals surface area contributed by atoms with Gasteiger partial charge in [0.25, 0.3) is 0 Å². The van der Waals surface area contributed by atoms with Crippen LogP contribution in [0.1, 0.15) is 16.7 Å². The summed E-state index contributed by atoms with van der Waals surface area (Å²) >= 11 is 0. The van der Waals surface area contributed by atoms with Crippen molar-refractivity contribution in [2.24, 2.45) is 4.99 Å². The van der Waals surface area contributed by atoms with Crippen LogP contribution < -0.4 is 15.4 Å². The van der Waals surface area contributed by atoms with Gasteiger partial charge in [0.05, 0.1) is 7.11 Å². The van der Waals surface area contributed by atoms with E-state index in [2.05, 4.69) is 15.6 Å². The van der Waals surface area contributed by atoms with Crippen molar-refractivity contribution in [1.29, 1.82) is 0 Å². The van der Waals surface area contributed by atoms with E-state index in [0.29, 0.717) is 19.0 Å². The molecule has 0 saturated heterocycles. The van der Waals surface area contributed by atoms with Crippen molar-refractivity contribution in [3.05, 3.63) is 65.0 Å². The second-order valence-electron chi connectivity index (χ2n) is 5.22. The van der Waals surface area contributed by atoms with E-state index in [1.165, 1.54) is 12.1 Å². The molecule has 6 heteroatoms. The lowest BCUT2D eigenvalue weighted by atomic mass is 10.1. The van der Waals surface area contributed by atoms with Crippen LogP contribution in [0, 0.1) is 12.7 Å². The zero-order valence-corrected chi connectivity index (χ0v) is 16.4. The Balaban J connectivity index is 0.00000288. The highest BCUT2D eigenvalue weighted by Gasteiger charge is 2.05. The number of nitrogens with zero attached hydrogens (tertiary/aromatic N) is 1. The third kappa shape index (κ3) is 5.99. The molecule has 0 aliphatic carbocycles. The first-order chi connectivity index (χ1) is 11.1. The number of hydrogen-bond acceptors (Lipinski definition) is 2. The summed E-state index contributed by atoms with van der Waals surface area (Å²) in [5.41, 5.74) is 3.20. The molecule has 130 valence electrons. The summed E-state index contributed by atoms with van der Waals surface area (Å²) in [6.45, 7) is 3.21. The fourth-order valence-corrected chi connectivity index (χ4v) is 2.19. The van der Waals surface area contributed by atoms with E-state index in [1.54, 1.807) is 26.3 Å². The van der Waals surface area contributed by atoms with Crippen molar-refractivity contribution in [3.63, 3.8) is 0 Å². The van der Waals surface area contributed by atoms with E-state index < -0.39 is 0 Å². The lowest BCUT2D eigenvalue weighted by Gasteiger charge is -2.14. The molecule has 0 unspecified atom stereocenters. The molecule has 0 aliphatic heterocycles. The summed E-state index contributed by atoms with van der Waals surface area (Å²) in [4.78, 5) is 4.19. The zero-order valence-electron chi connectivity index (χ0n) is 14.1. The molecule has 2 N–H and O–H groups in total. The van der Waals surface area contributed by atoms with Gasteiger partial charge >= 0.3 is 0 Å². The topological polar surface area (TPSA) is 45.7 Å². The minimum Gasteiger partial charge on any atom is -0.496 e. The van der Waals surface area contributed by atoms with Crippen LogP contribution in [-0.4, -0.2) is 20.1 Å². The molecule has 0 spiro atoms. The van der Waals surface area contributed by atoms with Gasteiger partial charge in [0, 0.05) is 25.7 Å². The maximum absolute atomic E-state index is 12.9. The number of guanidine groups is 1. The van der Waals surface area contributed by atoms with Crippen LogP contribution in [0.4, 0.5) is 4.39 Å². The van der Waals surface area contributed by atoms with E-state index in [4.69, 9.17) is 4.74 Å². The first kappa shape index (κ1) is 20.2. The van der Waals surface area contributed by atoms with Crippen LogP contribution in [0.25, 0.3) is 0 Å². The number of benzene rings is 2. The van der Waals surface area contributed by atoms with Crippen molar-refractivity contribution in [2.45, 2.75) is 20.0 Å². The Morgan fingerprint density at radius 3 is 2.38 bits per heavy atom. The van der Waals surface area contributed by atoms with Gasteiger partial charge in [-0.25, -0.2) is 4.39 Å². The first-order valence-electron chi connectivity index (χ1n) is 7.45. The van der Waals surface area contributed by atoms with E-state index in [0.717, 1.165) is 22.4 Å². The Morgan fingerprint density at radius 1 is 1.08 bits per heavy atom. The van der Waals surface area contributed by atoms with Gasteiger partial charge in [-0.1, -0.05) is 24.3 Å². The van der Waals surface area contributed by atoms with Gasteiger partial charge in [-0.15, -0.1) is 24.0 Å². The molecule has 0 aliphatic rings. The molecule has 2 rings (SSSR count). The molecule has 24 heavy (non-hydrogen) atoms. The average Bonchev–Trinajstić information content (AvgIpc) is 2.57. The average molecular weight is 443 g/mol. The van der Waals surface area contributed by atoms with Crippen LogP contribution in [0.5, 0.6) is 5.75 Å². The van der Waals surface area contributed by atoms with Gasteiger partial charge in [0.15, 0.2) is 5.96 Å². The second kappa shape index (κ2) is 10.1. The molecule has 0 atom stereocenters. The monoisotopic (exact) mass is 443 g/mol. The largest absolute Gasteiger partial charge is 0.496 e. The van der Waals surface area contributed by atoms with Gasteiger partial charge in [0.2, 0.25) is 0 Å². The van der Waals surface area contributed by atoms with Crippen molar-refractivity contribution in [2.75, 3.05) is 14.2 Å². The Kier molecular flexibility index (Phi) is 8.53. The Hall–Kier alpha value is -1.83. The van der Waals surface area contributed by atoms with Crippen molar-refractivity contribution < 1.29 is 9.13 Å². The van der Waals surface area contributed by atoms with Crippen molar-refractivity contribution >= 4 is 29.9 Å². The molecule has 0 heterocycles. The Bertz CT molecular complexity index is 674. The fraction of sp³-hybridized carbons (Fsp3) is 0.278. The molecule has 0 radical (unpaired) electrons. The summed E-state index contributed by atoms with van der Waals surface area (Å²) in [5.74, 6) is 1.30. The number of ether oxygens (including phenoxy) is 1. The van der Waals surface area contributed by atoms with E-state index in [1.807, 2.05) is 25.1 Å². The number of aliphatic imine (C=N–C) groups is 1. The van der Waals surface area contributed by atoms with Gasteiger partial charge in [-0.05, 0) is 36.2 Å². The standard InChI is InChI=1S/C18H22FN3O.HI/c1-13-4-7-15(17(10-13)23-3)12-22-18(20-2)21-11-14-5-8-16(19)9-6-14;/h4-10H,11-12H2,1-3H3,(H2,20,21,22);1H. The minimum absolute atomic E-state index is 0. The Morgan fingerprint density at radius 2 is 1.75 bits per heavy atom. The van der Waals surface area contributed by atoms with Crippen molar-refractivity contribution in [3.8, 4) is 5.75 Å². The molecule has 0 saturated carbocycles. The first-order valence-corrected chi connectivity index (χ1v) is 7.45. The summed E-state index contributed by atoms with van der Waals surface area (Å²) < 4.78 is 18.3. The second-order valence-corrected chi connectivity index (χ2v) is 5.22. The molecule has 0 bridgehead atoms. The molecule has 0 amide bonds. The smallest absolute Gasteiger partial charge is 0.191 e. The van der Waals surface area contributed by atoms with Crippen LogP contribution in [0.15, 0.2) is 47.5 Å². The number of nitrogens with one attached hydrogen (secondary N) is 2. The van der Waals surface area contributed by atoms with E-state index in [9.17, 15) is 4.39 Å². The molecule has 0 fully saturated rings. The summed E-state index contributed by atoms with van der Waals surface area (Å²) in [6, 6.07) is 12.5. The van der Waals surface area contributed by atoms with Gasteiger partial charge in [-0.2, -0.15) is 0 Å². The SMILES string of the molecule is CN=C(NCc1ccc(F)cc1)NCc1ccc(C)cc1OC.I. The predicted molar refractivity (Wildman–Crippen MR) is 107 cm³/mol. The number of aryl methyl sites for hydroxylation is 1. The van der Waals surface area contributed by atoms with Gasteiger partial charge < -0.3 is 15.4 Å². The van der Waals surface area contributed by atoms with E-state index >= 15 is 0 Å². The molecular formula is C18H23FIN3O. The number of methoxy groups -OCH3 is 1. The molecule has 2 aromatic carbocycles. The number of rotatable bonds is 5. The summed E-state index contributed by atoms with van der Waals surface area (Å²) in [6.07, 6.45) is 0. The van der Waals surface area contributed by atoms with E-state index in [-0.39, 0.29) is 29.8 Å². The lowest BCUT2D eigenvalue weighted by molar-refractivity contribution is 0.408. The van der Waals surface area contributed by atoms with Crippen LogP contribution in [-0.2, 0) is 13.1 Å².